The minimum atomic E-state index is -2.75. The van der Waals surface area contributed by atoms with Crippen LogP contribution in [0.25, 0.3) is 0 Å². The summed E-state index contributed by atoms with van der Waals surface area (Å²) >= 11 is 5.47. The topological polar surface area (TPSA) is 22.1 Å². The summed E-state index contributed by atoms with van der Waals surface area (Å²) in [6, 6.07) is 3.10. The molecule has 66 valence electrons. The third-order valence-electron chi connectivity index (χ3n) is 1.16. The number of aromatic nitrogens is 1. The van der Waals surface area contributed by atoms with E-state index in [0.717, 1.165) is 0 Å². The van der Waals surface area contributed by atoms with E-state index in [4.69, 9.17) is 11.6 Å². The Kier molecular flexibility index (Phi) is 3.37. The van der Waals surface area contributed by atoms with Crippen LogP contribution in [0.3, 0.4) is 0 Å². The predicted molar refractivity (Wildman–Crippen MR) is 40.0 cm³/mol. The summed E-state index contributed by atoms with van der Waals surface area (Å²) in [6.07, 6.45) is 1.39. The Morgan fingerprint density at radius 1 is 1.50 bits per heavy atom. The summed E-state index contributed by atoms with van der Waals surface area (Å²) in [5.41, 5.74) is 0.569. The Morgan fingerprint density at radius 2 is 2.25 bits per heavy atom. The Morgan fingerprint density at radius 3 is 2.75 bits per heavy atom. The van der Waals surface area contributed by atoms with Crippen LogP contribution in [-0.2, 0) is 11.3 Å². The summed E-state index contributed by atoms with van der Waals surface area (Å²) in [7, 11) is 0. The van der Waals surface area contributed by atoms with Gasteiger partial charge in [0, 0.05) is 6.20 Å². The van der Waals surface area contributed by atoms with Gasteiger partial charge >= 0.3 is 6.61 Å². The standard InChI is InChI=1S/C7H6ClF2NO/c8-6-2-1-5(3-11-6)4-12-7(9)10/h1-3,7H,4H2. The minimum absolute atomic E-state index is 0.151. The molecule has 0 atom stereocenters. The number of rotatable bonds is 3. The first-order valence-electron chi connectivity index (χ1n) is 3.18. The second kappa shape index (κ2) is 4.33. The first-order valence-corrected chi connectivity index (χ1v) is 3.56. The van der Waals surface area contributed by atoms with Crippen molar-refractivity contribution in [1.82, 2.24) is 4.98 Å². The van der Waals surface area contributed by atoms with Gasteiger partial charge in [-0.05, 0) is 11.6 Å². The van der Waals surface area contributed by atoms with E-state index in [1.807, 2.05) is 0 Å². The molecule has 0 unspecified atom stereocenters. The molecule has 0 bridgehead atoms. The molecule has 0 N–H and O–H groups in total. The molecule has 2 nitrogen and oxygen atoms in total. The van der Waals surface area contributed by atoms with Gasteiger partial charge in [-0.15, -0.1) is 0 Å². The van der Waals surface area contributed by atoms with E-state index in [2.05, 4.69) is 9.72 Å². The fraction of sp³-hybridized carbons (Fsp3) is 0.286. The number of ether oxygens (including phenoxy) is 1. The Bertz CT molecular complexity index is 240. The van der Waals surface area contributed by atoms with E-state index < -0.39 is 6.61 Å². The molecular formula is C7H6ClF2NO. The van der Waals surface area contributed by atoms with E-state index in [0.29, 0.717) is 10.7 Å². The molecular weight excluding hydrogens is 188 g/mol. The van der Waals surface area contributed by atoms with Gasteiger partial charge in [0.05, 0.1) is 6.61 Å². The molecule has 0 aliphatic carbocycles. The lowest BCUT2D eigenvalue weighted by molar-refractivity contribution is -0.137. The molecule has 1 aromatic rings. The van der Waals surface area contributed by atoms with Crippen LogP contribution in [0.15, 0.2) is 18.3 Å². The number of hydrogen-bond acceptors (Lipinski definition) is 2. The molecule has 1 heterocycles. The molecule has 5 heteroatoms. The van der Waals surface area contributed by atoms with E-state index in [1.54, 1.807) is 6.07 Å². The van der Waals surface area contributed by atoms with Gasteiger partial charge in [0.15, 0.2) is 0 Å². The molecule has 1 rings (SSSR count). The predicted octanol–water partition coefficient (Wildman–Crippen LogP) is 2.47. The highest BCUT2D eigenvalue weighted by atomic mass is 35.5. The van der Waals surface area contributed by atoms with Crippen LogP contribution in [0, 0.1) is 0 Å². The summed E-state index contributed by atoms with van der Waals surface area (Å²) in [6.45, 7) is -2.90. The molecule has 0 saturated heterocycles. The van der Waals surface area contributed by atoms with Gasteiger partial charge in [-0.2, -0.15) is 8.78 Å². The van der Waals surface area contributed by atoms with E-state index in [9.17, 15) is 8.78 Å². The van der Waals surface area contributed by atoms with Crippen molar-refractivity contribution in [1.29, 1.82) is 0 Å². The van der Waals surface area contributed by atoms with Gasteiger partial charge in [0.25, 0.3) is 0 Å². The van der Waals surface area contributed by atoms with Gasteiger partial charge in [0.1, 0.15) is 5.15 Å². The summed E-state index contributed by atoms with van der Waals surface area (Å²) in [5.74, 6) is 0. The van der Waals surface area contributed by atoms with Crippen LogP contribution in [0.4, 0.5) is 8.78 Å². The number of pyridine rings is 1. The third kappa shape index (κ3) is 3.11. The fourth-order valence-electron chi connectivity index (χ4n) is 0.651. The zero-order valence-corrected chi connectivity index (χ0v) is 6.76. The Labute approximate surface area is 73.1 Å². The quantitative estimate of drug-likeness (QED) is 0.688. The van der Waals surface area contributed by atoms with Crippen molar-refractivity contribution in [3.05, 3.63) is 29.0 Å². The van der Waals surface area contributed by atoms with Crippen LogP contribution < -0.4 is 0 Å². The van der Waals surface area contributed by atoms with Gasteiger partial charge in [0.2, 0.25) is 0 Å². The molecule has 0 saturated carbocycles. The van der Waals surface area contributed by atoms with Crippen molar-refractivity contribution in [3.8, 4) is 0 Å². The molecule has 0 fully saturated rings. The number of alkyl halides is 2. The molecule has 0 aromatic carbocycles. The highest BCUT2D eigenvalue weighted by Crippen LogP contribution is 2.07. The molecule has 12 heavy (non-hydrogen) atoms. The van der Waals surface area contributed by atoms with Gasteiger partial charge in [-0.3, -0.25) is 0 Å². The first kappa shape index (κ1) is 9.35. The Hall–Kier alpha value is -0.740. The average molecular weight is 194 g/mol. The molecule has 0 aliphatic heterocycles. The summed E-state index contributed by atoms with van der Waals surface area (Å²) in [5, 5.41) is 0.329. The molecule has 0 radical (unpaired) electrons. The normalized spacial score (nSPS) is 10.7. The monoisotopic (exact) mass is 193 g/mol. The van der Waals surface area contributed by atoms with Crippen LogP contribution in [0.2, 0.25) is 5.15 Å². The summed E-state index contributed by atoms with van der Waals surface area (Å²) in [4.78, 5) is 3.70. The third-order valence-corrected chi connectivity index (χ3v) is 1.39. The van der Waals surface area contributed by atoms with Crippen molar-refractivity contribution in [3.63, 3.8) is 0 Å². The first-order chi connectivity index (χ1) is 5.68. The van der Waals surface area contributed by atoms with Crippen molar-refractivity contribution in [2.45, 2.75) is 13.2 Å². The smallest absolute Gasteiger partial charge is 0.318 e. The lowest BCUT2D eigenvalue weighted by atomic mass is 10.3. The van der Waals surface area contributed by atoms with E-state index in [1.165, 1.54) is 12.3 Å². The average Bonchev–Trinajstić information content (AvgIpc) is 2.03. The van der Waals surface area contributed by atoms with Gasteiger partial charge in [-0.25, -0.2) is 4.98 Å². The van der Waals surface area contributed by atoms with Crippen LogP contribution >= 0.6 is 11.6 Å². The fourth-order valence-corrected chi connectivity index (χ4v) is 0.763. The number of nitrogens with zero attached hydrogens (tertiary/aromatic N) is 1. The van der Waals surface area contributed by atoms with Gasteiger partial charge < -0.3 is 4.74 Å². The molecule has 0 aliphatic rings. The second-order valence-corrected chi connectivity index (χ2v) is 2.45. The zero-order chi connectivity index (χ0) is 8.97. The number of hydrogen-bond donors (Lipinski definition) is 0. The maximum absolute atomic E-state index is 11.5. The van der Waals surface area contributed by atoms with Crippen molar-refractivity contribution < 1.29 is 13.5 Å². The minimum Gasteiger partial charge on any atom is -0.318 e. The largest absolute Gasteiger partial charge is 0.345 e. The lowest BCUT2D eigenvalue weighted by Crippen LogP contribution is -1.99. The molecule has 0 spiro atoms. The van der Waals surface area contributed by atoms with Crippen LogP contribution in [-0.4, -0.2) is 11.6 Å². The SMILES string of the molecule is FC(F)OCc1ccc(Cl)nc1. The van der Waals surface area contributed by atoms with E-state index in [-0.39, 0.29) is 6.61 Å². The van der Waals surface area contributed by atoms with Crippen molar-refractivity contribution in [2.75, 3.05) is 0 Å². The summed E-state index contributed by atoms with van der Waals surface area (Å²) < 4.78 is 27.1. The number of halogens is 3. The molecule has 1 aromatic heterocycles. The van der Waals surface area contributed by atoms with Crippen LogP contribution in [0.1, 0.15) is 5.56 Å². The lowest BCUT2D eigenvalue weighted by Gasteiger charge is -2.01. The highest BCUT2D eigenvalue weighted by molar-refractivity contribution is 6.29. The van der Waals surface area contributed by atoms with Gasteiger partial charge in [-0.1, -0.05) is 17.7 Å². The molecule has 0 amide bonds. The van der Waals surface area contributed by atoms with Crippen molar-refractivity contribution >= 4 is 11.6 Å². The van der Waals surface area contributed by atoms with Crippen molar-refractivity contribution in [2.24, 2.45) is 0 Å². The van der Waals surface area contributed by atoms with E-state index >= 15 is 0 Å². The van der Waals surface area contributed by atoms with Crippen LogP contribution in [0.5, 0.6) is 0 Å². The highest BCUT2D eigenvalue weighted by Gasteiger charge is 2.01. The maximum atomic E-state index is 11.5. The zero-order valence-electron chi connectivity index (χ0n) is 6.01. The Balaban J connectivity index is 2.48. The maximum Gasteiger partial charge on any atom is 0.345 e. The second-order valence-electron chi connectivity index (χ2n) is 2.06.